The molecular formula is C7H2F4N2O. The quantitative estimate of drug-likeness (QED) is 0.660. The third kappa shape index (κ3) is 2.32. The van der Waals surface area contributed by atoms with Gasteiger partial charge in [-0.1, -0.05) is 0 Å². The van der Waals surface area contributed by atoms with Gasteiger partial charge in [-0.05, 0) is 6.07 Å². The van der Waals surface area contributed by atoms with Crippen molar-refractivity contribution < 1.29 is 22.3 Å². The first-order valence-electron chi connectivity index (χ1n) is 3.24. The van der Waals surface area contributed by atoms with Crippen molar-refractivity contribution in [3.8, 4) is 11.8 Å². The zero-order chi connectivity index (χ0) is 10.8. The Morgan fingerprint density at radius 3 is 2.57 bits per heavy atom. The second-order valence-corrected chi connectivity index (χ2v) is 2.13. The van der Waals surface area contributed by atoms with Crippen LogP contribution in [0.15, 0.2) is 12.3 Å². The van der Waals surface area contributed by atoms with E-state index in [-0.39, 0.29) is 0 Å². The predicted octanol–water partition coefficient (Wildman–Crippen LogP) is 1.99. The summed E-state index contributed by atoms with van der Waals surface area (Å²) in [4.78, 5) is 3.22. The van der Waals surface area contributed by atoms with Crippen LogP contribution in [-0.2, 0) is 0 Å². The van der Waals surface area contributed by atoms with E-state index in [9.17, 15) is 17.6 Å². The van der Waals surface area contributed by atoms with Crippen LogP contribution in [0.5, 0.6) is 5.75 Å². The second-order valence-electron chi connectivity index (χ2n) is 2.13. The van der Waals surface area contributed by atoms with Gasteiger partial charge in [0.25, 0.3) is 0 Å². The monoisotopic (exact) mass is 206 g/mol. The molecule has 0 saturated heterocycles. The number of pyridine rings is 1. The molecule has 1 aromatic rings. The van der Waals surface area contributed by atoms with E-state index < -0.39 is 23.6 Å². The lowest BCUT2D eigenvalue weighted by Gasteiger charge is -2.09. The molecule has 0 unspecified atom stereocenters. The largest absolute Gasteiger partial charge is 0.573 e. The molecule has 3 nitrogen and oxygen atoms in total. The van der Waals surface area contributed by atoms with E-state index in [0.29, 0.717) is 6.07 Å². The van der Waals surface area contributed by atoms with E-state index in [0.717, 1.165) is 6.20 Å². The lowest BCUT2D eigenvalue weighted by Crippen LogP contribution is -2.19. The molecule has 74 valence electrons. The predicted molar refractivity (Wildman–Crippen MR) is 35.6 cm³/mol. The number of aromatic nitrogens is 1. The second kappa shape index (κ2) is 3.49. The highest BCUT2D eigenvalue weighted by Crippen LogP contribution is 2.27. The topological polar surface area (TPSA) is 45.9 Å². The molecule has 14 heavy (non-hydrogen) atoms. The van der Waals surface area contributed by atoms with Gasteiger partial charge in [0.05, 0.1) is 0 Å². The summed E-state index contributed by atoms with van der Waals surface area (Å²) in [5.74, 6) is -2.49. The van der Waals surface area contributed by atoms with Crippen LogP contribution in [0, 0.1) is 17.1 Å². The van der Waals surface area contributed by atoms with Gasteiger partial charge in [0.15, 0.2) is 11.5 Å². The minimum absolute atomic E-state index is 0.669. The van der Waals surface area contributed by atoms with Crippen molar-refractivity contribution in [3.05, 3.63) is 23.8 Å². The number of nitriles is 1. The van der Waals surface area contributed by atoms with Crippen LogP contribution >= 0.6 is 0 Å². The zero-order valence-electron chi connectivity index (χ0n) is 6.47. The van der Waals surface area contributed by atoms with Crippen molar-refractivity contribution in [3.63, 3.8) is 0 Å². The van der Waals surface area contributed by atoms with Gasteiger partial charge in [-0.25, -0.2) is 9.37 Å². The first kappa shape index (κ1) is 10.2. The molecule has 1 rings (SSSR count). The fourth-order valence-electron chi connectivity index (χ4n) is 0.717. The van der Waals surface area contributed by atoms with Crippen LogP contribution in [0.25, 0.3) is 0 Å². The van der Waals surface area contributed by atoms with Crippen LogP contribution in [0.2, 0.25) is 0 Å². The van der Waals surface area contributed by atoms with Gasteiger partial charge < -0.3 is 4.74 Å². The SMILES string of the molecule is N#Cc1nccc(F)c1OC(F)(F)F. The number of halogens is 4. The lowest BCUT2D eigenvalue weighted by molar-refractivity contribution is -0.275. The van der Waals surface area contributed by atoms with Crippen molar-refractivity contribution in [2.45, 2.75) is 6.36 Å². The van der Waals surface area contributed by atoms with Crippen LogP contribution in [0.3, 0.4) is 0 Å². The van der Waals surface area contributed by atoms with Gasteiger partial charge in [-0.2, -0.15) is 5.26 Å². The van der Waals surface area contributed by atoms with E-state index in [1.165, 1.54) is 6.07 Å². The molecule has 0 bridgehead atoms. The summed E-state index contributed by atoms with van der Waals surface area (Å²) in [5, 5.41) is 8.31. The molecule has 0 saturated carbocycles. The molecule has 0 aliphatic rings. The fraction of sp³-hybridized carbons (Fsp3) is 0.143. The smallest absolute Gasteiger partial charge is 0.400 e. The maximum Gasteiger partial charge on any atom is 0.573 e. The normalized spacial score (nSPS) is 10.8. The number of ether oxygens (including phenoxy) is 1. The number of hydrogen-bond donors (Lipinski definition) is 0. The summed E-state index contributed by atoms with van der Waals surface area (Å²) >= 11 is 0. The Labute approximate surface area is 75.5 Å². The van der Waals surface area contributed by atoms with Crippen LogP contribution in [0.4, 0.5) is 17.6 Å². The summed E-state index contributed by atoms with van der Waals surface area (Å²) in [6.07, 6.45) is -4.17. The van der Waals surface area contributed by atoms with Crippen molar-refractivity contribution in [2.75, 3.05) is 0 Å². The molecule has 0 aliphatic heterocycles. The highest BCUT2D eigenvalue weighted by atomic mass is 19.4. The number of hydrogen-bond acceptors (Lipinski definition) is 3. The van der Waals surface area contributed by atoms with Crippen molar-refractivity contribution >= 4 is 0 Å². The molecule has 0 radical (unpaired) electrons. The van der Waals surface area contributed by atoms with E-state index in [1.54, 1.807) is 0 Å². The zero-order valence-corrected chi connectivity index (χ0v) is 6.47. The molecular weight excluding hydrogens is 204 g/mol. The summed E-state index contributed by atoms with van der Waals surface area (Å²) in [7, 11) is 0. The summed E-state index contributed by atoms with van der Waals surface area (Å²) in [5.41, 5.74) is -0.748. The van der Waals surface area contributed by atoms with Crippen LogP contribution < -0.4 is 4.74 Å². The van der Waals surface area contributed by atoms with Crippen LogP contribution in [0.1, 0.15) is 5.69 Å². The average molecular weight is 206 g/mol. The van der Waals surface area contributed by atoms with Gasteiger partial charge in [-0.15, -0.1) is 13.2 Å². The Morgan fingerprint density at radius 2 is 2.07 bits per heavy atom. The Hall–Kier alpha value is -1.84. The number of alkyl halides is 3. The van der Waals surface area contributed by atoms with Gasteiger partial charge >= 0.3 is 6.36 Å². The summed E-state index contributed by atoms with van der Waals surface area (Å²) in [6.45, 7) is 0. The first-order chi connectivity index (χ1) is 6.44. The molecule has 0 aromatic carbocycles. The van der Waals surface area contributed by atoms with Gasteiger partial charge in [-0.3, -0.25) is 0 Å². The summed E-state index contributed by atoms with van der Waals surface area (Å²) < 4.78 is 51.2. The molecule has 1 heterocycles. The first-order valence-corrected chi connectivity index (χ1v) is 3.24. The Morgan fingerprint density at radius 1 is 1.43 bits per heavy atom. The molecule has 7 heteroatoms. The molecule has 0 spiro atoms. The minimum atomic E-state index is -5.05. The van der Waals surface area contributed by atoms with E-state index in [1.807, 2.05) is 0 Å². The highest BCUT2D eigenvalue weighted by Gasteiger charge is 2.34. The molecule has 0 aliphatic carbocycles. The molecule has 1 aromatic heterocycles. The average Bonchev–Trinajstić information content (AvgIpc) is 2.06. The third-order valence-corrected chi connectivity index (χ3v) is 1.18. The highest BCUT2D eigenvalue weighted by molar-refractivity contribution is 5.37. The minimum Gasteiger partial charge on any atom is -0.400 e. The van der Waals surface area contributed by atoms with Crippen molar-refractivity contribution in [1.29, 1.82) is 5.26 Å². The third-order valence-electron chi connectivity index (χ3n) is 1.18. The van der Waals surface area contributed by atoms with E-state index in [4.69, 9.17) is 5.26 Å². The summed E-state index contributed by atoms with van der Waals surface area (Å²) in [6, 6.07) is 1.95. The molecule has 0 fully saturated rings. The standard InChI is InChI=1S/C7H2F4N2O/c8-4-1-2-13-5(3-12)6(4)14-7(9,10)11/h1-2H. The lowest BCUT2D eigenvalue weighted by atomic mass is 10.3. The van der Waals surface area contributed by atoms with Crippen LogP contribution in [-0.4, -0.2) is 11.3 Å². The Bertz CT molecular complexity index is 382. The molecule has 0 atom stereocenters. The van der Waals surface area contributed by atoms with Crippen molar-refractivity contribution in [2.24, 2.45) is 0 Å². The van der Waals surface area contributed by atoms with Gasteiger partial charge in [0.2, 0.25) is 5.75 Å². The maximum absolute atomic E-state index is 12.8. The fourth-order valence-corrected chi connectivity index (χ4v) is 0.717. The van der Waals surface area contributed by atoms with Gasteiger partial charge in [0, 0.05) is 6.20 Å². The Balaban J connectivity index is 3.13. The maximum atomic E-state index is 12.8. The van der Waals surface area contributed by atoms with E-state index >= 15 is 0 Å². The van der Waals surface area contributed by atoms with E-state index in [2.05, 4.69) is 9.72 Å². The van der Waals surface area contributed by atoms with Gasteiger partial charge in [0.1, 0.15) is 6.07 Å². The molecule has 0 amide bonds. The number of nitrogens with zero attached hydrogens (tertiary/aromatic N) is 2. The number of rotatable bonds is 1. The molecule has 0 N–H and O–H groups in total. The van der Waals surface area contributed by atoms with Crippen molar-refractivity contribution in [1.82, 2.24) is 4.98 Å². The Kier molecular flexibility index (Phi) is 2.56.